The van der Waals surface area contributed by atoms with Gasteiger partial charge in [-0.2, -0.15) is 0 Å². The zero-order valence-electron chi connectivity index (χ0n) is 26.2. The van der Waals surface area contributed by atoms with E-state index in [0.29, 0.717) is 10.8 Å². The average molecular weight is 492 g/mol. The van der Waals surface area contributed by atoms with E-state index >= 15 is 0 Å². The molecule has 0 N–H and O–H groups in total. The maximum atomic E-state index is 2.58. The van der Waals surface area contributed by atoms with Gasteiger partial charge in [0.15, 0.2) is 0 Å². The summed E-state index contributed by atoms with van der Waals surface area (Å²) in [5.74, 6) is 2.06. The van der Waals surface area contributed by atoms with E-state index in [4.69, 9.17) is 0 Å². The van der Waals surface area contributed by atoms with Gasteiger partial charge in [-0.1, -0.05) is 164 Å². The molecule has 1 radical (unpaired) electrons. The quantitative estimate of drug-likeness (QED) is 0.100. The minimum atomic E-state index is 0.494. The molecule has 0 fully saturated rings. The summed E-state index contributed by atoms with van der Waals surface area (Å²) in [6, 6.07) is 0. The fraction of sp³-hybridized carbons (Fsp3) is 0.971. The predicted octanol–water partition coefficient (Wildman–Crippen LogP) is 13.4. The van der Waals surface area contributed by atoms with Crippen molar-refractivity contribution in [2.75, 3.05) is 0 Å². The Balaban J connectivity index is 6.32. The lowest BCUT2D eigenvalue weighted by Crippen LogP contribution is -2.47. The molecular formula is C35H71. The average Bonchev–Trinajstić information content (AvgIpc) is 2.87. The van der Waals surface area contributed by atoms with Gasteiger partial charge in [-0.25, -0.2) is 0 Å². The number of hydrogen-bond donors (Lipinski definition) is 0. The first-order valence-corrected chi connectivity index (χ1v) is 16.9. The summed E-state index contributed by atoms with van der Waals surface area (Å²) in [7, 11) is 0. The van der Waals surface area contributed by atoms with Crippen LogP contribution in [-0.4, -0.2) is 0 Å². The highest BCUT2D eigenvalue weighted by Crippen LogP contribution is 2.62. The molecule has 0 spiro atoms. The Bertz CT molecular complexity index is 426. The fourth-order valence-electron chi connectivity index (χ4n) is 7.34. The molecule has 211 valence electrons. The molecular weight excluding hydrogens is 420 g/mol. The van der Waals surface area contributed by atoms with E-state index in [1.54, 1.807) is 0 Å². The standard InChI is InChI=1S/C35H71/c1-8-15-20-22-24-28-33(27-23-21-16-9-2)35(31-19-12-5,32-26-18-11-4)34(14-7,29-13-6)30-25-17-10-3/h8-32H2,1-7H3. The van der Waals surface area contributed by atoms with E-state index in [1.807, 2.05) is 0 Å². The van der Waals surface area contributed by atoms with Crippen molar-refractivity contribution in [2.45, 2.75) is 209 Å². The van der Waals surface area contributed by atoms with Crippen molar-refractivity contribution in [3.8, 4) is 0 Å². The van der Waals surface area contributed by atoms with Crippen LogP contribution in [0, 0.1) is 16.7 Å². The van der Waals surface area contributed by atoms with E-state index in [2.05, 4.69) is 54.4 Å². The maximum absolute atomic E-state index is 2.58. The molecule has 0 aliphatic rings. The zero-order valence-corrected chi connectivity index (χ0v) is 26.2. The zero-order chi connectivity index (χ0) is 26.3. The molecule has 0 aliphatic heterocycles. The summed E-state index contributed by atoms with van der Waals surface area (Å²) in [4.78, 5) is 0. The smallest absolute Gasteiger partial charge is 0.0174 e. The van der Waals surface area contributed by atoms with Crippen LogP contribution in [0.2, 0.25) is 0 Å². The fourth-order valence-corrected chi connectivity index (χ4v) is 7.34. The van der Waals surface area contributed by atoms with Gasteiger partial charge >= 0.3 is 0 Å². The number of rotatable bonds is 27. The molecule has 0 rings (SSSR count). The Morgan fingerprint density at radius 1 is 0.371 bits per heavy atom. The van der Waals surface area contributed by atoms with Crippen molar-refractivity contribution in [2.24, 2.45) is 10.8 Å². The topological polar surface area (TPSA) is 0 Å². The lowest BCUT2D eigenvalue weighted by atomic mass is 9.48. The highest BCUT2D eigenvalue weighted by Gasteiger charge is 2.51. The van der Waals surface area contributed by atoms with Gasteiger partial charge < -0.3 is 0 Å². The molecule has 0 aromatic heterocycles. The molecule has 0 heterocycles. The monoisotopic (exact) mass is 492 g/mol. The third kappa shape index (κ3) is 12.9. The minimum Gasteiger partial charge on any atom is -0.0654 e. The molecule has 0 saturated carbocycles. The van der Waals surface area contributed by atoms with Gasteiger partial charge in [0.25, 0.3) is 0 Å². The highest BCUT2D eigenvalue weighted by molar-refractivity contribution is 5.14. The predicted molar refractivity (Wildman–Crippen MR) is 163 cm³/mol. The molecule has 2 atom stereocenters. The van der Waals surface area contributed by atoms with Crippen molar-refractivity contribution in [1.29, 1.82) is 0 Å². The van der Waals surface area contributed by atoms with Crippen LogP contribution >= 0.6 is 0 Å². The van der Waals surface area contributed by atoms with Crippen LogP contribution in [-0.2, 0) is 0 Å². The Kier molecular flexibility index (Phi) is 23.1. The first-order valence-electron chi connectivity index (χ1n) is 16.9. The molecule has 0 nitrogen and oxygen atoms in total. The molecule has 2 unspecified atom stereocenters. The molecule has 0 aromatic rings. The van der Waals surface area contributed by atoms with Crippen molar-refractivity contribution in [1.82, 2.24) is 0 Å². The summed E-state index contributed by atoms with van der Waals surface area (Å²) < 4.78 is 0. The molecule has 0 saturated heterocycles. The second-order valence-corrected chi connectivity index (χ2v) is 12.1. The van der Waals surface area contributed by atoms with Crippen LogP contribution in [0.1, 0.15) is 209 Å². The highest BCUT2D eigenvalue weighted by atomic mass is 14.6. The van der Waals surface area contributed by atoms with Crippen molar-refractivity contribution < 1.29 is 0 Å². The molecule has 0 heteroatoms. The lowest BCUT2D eigenvalue weighted by Gasteiger charge is -2.56. The van der Waals surface area contributed by atoms with Gasteiger partial charge in [-0.15, -0.1) is 0 Å². The molecule has 0 amide bonds. The van der Waals surface area contributed by atoms with Crippen molar-refractivity contribution in [3.63, 3.8) is 0 Å². The first kappa shape index (κ1) is 35.0. The maximum Gasteiger partial charge on any atom is -0.0174 e. The van der Waals surface area contributed by atoms with Gasteiger partial charge in [0, 0.05) is 0 Å². The summed E-state index contributed by atoms with van der Waals surface area (Å²) in [5, 5.41) is 0. The third-order valence-electron chi connectivity index (χ3n) is 9.43. The summed E-state index contributed by atoms with van der Waals surface area (Å²) in [5.41, 5.74) is 1.02. The Hall–Kier alpha value is 0. The summed E-state index contributed by atoms with van der Waals surface area (Å²) in [6.07, 6.45) is 35.6. The van der Waals surface area contributed by atoms with E-state index in [9.17, 15) is 0 Å². The van der Waals surface area contributed by atoms with E-state index in [1.165, 1.54) is 161 Å². The van der Waals surface area contributed by atoms with Gasteiger partial charge in [-0.05, 0) is 61.7 Å². The van der Waals surface area contributed by atoms with Crippen molar-refractivity contribution in [3.05, 3.63) is 5.92 Å². The third-order valence-corrected chi connectivity index (χ3v) is 9.43. The Morgan fingerprint density at radius 3 is 1.29 bits per heavy atom. The van der Waals surface area contributed by atoms with Crippen LogP contribution in [0.25, 0.3) is 0 Å². The molecule has 0 aromatic carbocycles. The van der Waals surface area contributed by atoms with Gasteiger partial charge in [0.05, 0.1) is 0 Å². The van der Waals surface area contributed by atoms with Crippen LogP contribution in [0.5, 0.6) is 0 Å². The van der Waals surface area contributed by atoms with Crippen LogP contribution in [0.3, 0.4) is 0 Å². The Morgan fingerprint density at radius 2 is 0.800 bits per heavy atom. The van der Waals surface area contributed by atoms with Crippen LogP contribution in [0.15, 0.2) is 0 Å². The van der Waals surface area contributed by atoms with Crippen LogP contribution < -0.4 is 0 Å². The van der Waals surface area contributed by atoms with Gasteiger partial charge in [0.1, 0.15) is 0 Å². The first-order chi connectivity index (χ1) is 17.1. The second kappa shape index (κ2) is 23.1. The van der Waals surface area contributed by atoms with Gasteiger partial charge in [-0.3, -0.25) is 0 Å². The van der Waals surface area contributed by atoms with E-state index < -0.39 is 0 Å². The van der Waals surface area contributed by atoms with E-state index in [0.717, 1.165) is 0 Å². The van der Waals surface area contributed by atoms with Gasteiger partial charge in [0.2, 0.25) is 0 Å². The Labute approximate surface area is 225 Å². The molecule has 0 bridgehead atoms. The van der Waals surface area contributed by atoms with Crippen LogP contribution in [0.4, 0.5) is 0 Å². The second-order valence-electron chi connectivity index (χ2n) is 12.1. The number of unbranched alkanes of at least 4 members (excludes halogenated alkanes) is 12. The largest absolute Gasteiger partial charge is 0.0654 e. The van der Waals surface area contributed by atoms with E-state index in [-0.39, 0.29) is 0 Å². The number of hydrogen-bond acceptors (Lipinski definition) is 0. The normalized spacial score (nSPS) is 15.4. The van der Waals surface area contributed by atoms with Crippen molar-refractivity contribution >= 4 is 0 Å². The molecule has 35 heavy (non-hydrogen) atoms. The minimum absolute atomic E-state index is 0.494. The lowest BCUT2D eigenvalue weighted by molar-refractivity contribution is -0.00962. The SMILES string of the molecule is CCCCCCC[C](CCCCCC)C(CCCC)(CCCCC)C(CC)(CCC)CCCCC. The summed E-state index contributed by atoms with van der Waals surface area (Å²) in [6.45, 7) is 17.0. The molecule has 0 aliphatic carbocycles. The summed E-state index contributed by atoms with van der Waals surface area (Å²) >= 11 is 0.